The number of hydrogen-bond acceptors (Lipinski definition) is 3. The van der Waals surface area contributed by atoms with Crippen LogP contribution in [0, 0.1) is 6.92 Å². The average Bonchev–Trinajstić information content (AvgIpc) is 2.72. The number of nitrogen functional groups attached to an aromatic ring is 1. The predicted octanol–water partition coefficient (Wildman–Crippen LogP) is 2.80. The van der Waals surface area contributed by atoms with Gasteiger partial charge in [-0.05, 0) is 44.1 Å². The van der Waals surface area contributed by atoms with Gasteiger partial charge in [0.15, 0.2) is 0 Å². The Bertz CT molecular complexity index is 419. The van der Waals surface area contributed by atoms with Crippen LogP contribution in [0.3, 0.4) is 0 Å². The lowest BCUT2D eigenvalue weighted by molar-refractivity contribution is -0.118. The standard InChI is InChI=1S/C13H18N2OS/c1-9-5-3-6-10(14)11(9)15-12(16)13(2)7-4-8-17-13/h3,5-6H,4,7-8,14H2,1-2H3,(H,15,16). The normalized spacial score (nSPS) is 23.6. The van der Waals surface area contributed by atoms with Crippen molar-refractivity contribution in [1.82, 2.24) is 0 Å². The third-order valence-electron chi connectivity index (χ3n) is 3.24. The maximum atomic E-state index is 12.3. The Morgan fingerprint density at radius 1 is 1.53 bits per heavy atom. The summed E-state index contributed by atoms with van der Waals surface area (Å²) in [5.74, 6) is 1.13. The molecule has 2 rings (SSSR count). The smallest absolute Gasteiger partial charge is 0.240 e. The second-order valence-electron chi connectivity index (χ2n) is 4.68. The van der Waals surface area contributed by atoms with Gasteiger partial charge in [-0.25, -0.2) is 0 Å². The topological polar surface area (TPSA) is 55.1 Å². The van der Waals surface area contributed by atoms with Crippen LogP contribution in [0.5, 0.6) is 0 Å². The van der Waals surface area contributed by atoms with Gasteiger partial charge in [-0.3, -0.25) is 4.79 Å². The summed E-state index contributed by atoms with van der Waals surface area (Å²) in [6, 6.07) is 5.66. The van der Waals surface area contributed by atoms with E-state index in [-0.39, 0.29) is 10.7 Å². The number of thioether (sulfide) groups is 1. The number of nitrogens with two attached hydrogens (primary N) is 1. The van der Waals surface area contributed by atoms with Gasteiger partial charge in [-0.2, -0.15) is 0 Å². The first-order valence-electron chi connectivity index (χ1n) is 5.83. The van der Waals surface area contributed by atoms with Crippen LogP contribution in [0.2, 0.25) is 0 Å². The first-order valence-corrected chi connectivity index (χ1v) is 6.82. The summed E-state index contributed by atoms with van der Waals surface area (Å²) in [5.41, 5.74) is 8.28. The molecule has 0 aromatic heterocycles. The lowest BCUT2D eigenvalue weighted by atomic mass is 10.0. The van der Waals surface area contributed by atoms with Crippen LogP contribution in [0.15, 0.2) is 18.2 Å². The van der Waals surface area contributed by atoms with Crippen LogP contribution in [0.1, 0.15) is 25.3 Å². The van der Waals surface area contributed by atoms with Gasteiger partial charge in [-0.1, -0.05) is 12.1 Å². The van der Waals surface area contributed by atoms with Crippen LogP contribution < -0.4 is 11.1 Å². The van der Waals surface area contributed by atoms with E-state index in [0.29, 0.717) is 5.69 Å². The second-order valence-corrected chi connectivity index (χ2v) is 6.27. The van der Waals surface area contributed by atoms with Gasteiger partial charge in [0, 0.05) is 0 Å². The van der Waals surface area contributed by atoms with Gasteiger partial charge >= 0.3 is 0 Å². The molecule has 92 valence electrons. The molecule has 3 nitrogen and oxygen atoms in total. The fourth-order valence-electron chi connectivity index (χ4n) is 2.07. The van der Waals surface area contributed by atoms with E-state index in [0.717, 1.165) is 29.8 Å². The van der Waals surface area contributed by atoms with Gasteiger partial charge in [0.2, 0.25) is 5.91 Å². The Morgan fingerprint density at radius 2 is 2.29 bits per heavy atom. The van der Waals surface area contributed by atoms with Crippen molar-refractivity contribution < 1.29 is 4.79 Å². The van der Waals surface area contributed by atoms with E-state index >= 15 is 0 Å². The SMILES string of the molecule is Cc1cccc(N)c1NC(=O)C1(C)CCCS1. The molecule has 0 bridgehead atoms. The lowest BCUT2D eigenvalue weighted by Gasteiger charge is -2.22. The number of hydrogen-bond donors (Lipinski definition) is 2. The van der Waals surface area contributed by atoms with Gasteiger partial charge in [-0.15, -0.1) is 11.8 Å². The Hall–Kier alpha value is -1.16. The summed E-state index contributed by atoms with van der Waals surface area (Å²) < 4.78 is -0.297. The highest BCUT2D eigenvalue weighted by Crippen LogP contribution is 2.39. The Labute approximate surface area is 106 Å². The quantitative estimate of drug-likeness (QED) is 0.794. The molecule has 0 radical (unpaired) electrons. The van der Waals surface area contributed by atoms with Gasteiger partial charge in [0.1, 0.15) is 0 Å². The van der Waals surface area contributed by atoms with Crippen molar-refractivity contribution in [1.29, 1.82) is 0 Å². The molecule has 1 aromatic rings. The minimum absolute atomic E-state index is 0.0704. The molecule has 1 aromatic carbocycles. The van der Waals surface area contributed by atoms with Crippen LogP contribution in [-0.4, -0.2) is 16.4 Å². The van der Waals surface area contributed by atoms with Crippen LogP contribution in [0.25, 0.3) is 0 Å². The Balaban J connectivity index is 2.18. The third-order valence-corrected chi connectivity index (χ3v) is 4.76. The number of anilines is 2. The van der Waals surface area contributed by atoms with Crippen molar-refractivity contribution in [2.75, 3.05) is 16.8 Å². The zero-order valence-electron chi connectivity index (χ0n) is 10.2. The zero-order valence-corrected chi connectivity index (χ0v) is 11.1. The van der Waals surface area contributed by atoms with Crippen LogP contribution in [-0.2, 0) is 4.79 Å². The molecule has 1 aliphatic heterocycles. The molecular formula is C13H18N2OS. The zero-order chi connectivity index (χ0) is 12.5. The number of amides is 1. The number of benzene rings is 1. The monoisotopic (exact) mass is 250 g/mol. The largest absolute Gasteiger partial charge is 0.397 e. The third kappa shape index (κ3) is 2.41. The number of carbonyl (C=O) groups is 1. The molecule has 4 heteroatoms. The highest BCUT2D eigenvalue weighted by molar-refractivity contribution is 8.01. The van der Waals surface area contributed by atoms with Crippen molar-refractivity contribution in [2.24, 2.45) is 0 Å². The van der Waals surface area contributed by atoms with Crippen molar-refractivity contribution in [3.63, 3.8) is 0 Å². The molecule has 3 N–H and O–H groups in total. The number of para-hydroxylation sites is 1. The van der Waals surface area contributed by atoms with Crippen molar-refractivity contribution in [3.05, 3.63) is 23.8 Å². The highest BCUT2D eigenvalue weighted by atomic mass is 32.2. The molecule has 0 spiro atoms. The van der Waals surface area contributed by atoms with E-state index in [4.69, 9.17) is 5.73 Å². The molecule has 0 saturated carbocycles. The molecule has 0 aliphatic carbocycles. The summed E-state index contributed by atoms with van der Waals surface area (Å²) in [7, 11) is 0. The second kappa shape index (κ2) is 4.61. The number of nitrogens with one attached hydrogen (secondary N) is 1. The number of carbonyl (C=O) groups excluding carboxylic acids is 1. The first kappa shape index (κ1) is 12.3. The minimum Gasteiger partial charge on any atom is -0.397 e. The van der Waals surface area contributed by atoms with E-state index < -0.39 is 0 Å². The van der Waals surface area contributed by atoms with E-state index in [1.54, 1.807) is 11.8 Å². The Morgan fingerprint density at radius 3 is 2.88 bits per heavy atom. The molecule has 1 saturated heterocycles. The molecule has 1 heterocycles. The maximum Gasteiger partial charge on any atom is 0.240 e. The predicted molar refractivity (Wildman–Crippen MR) is 74.3 cm³/mol. The van der Waals surface area contributed by atoms with Crippen molar-refractivity contribution in [2.45, 2.75) is 31.4 Å². The van der Waals surface area contributed by atoms with Gasteiger partial charge in [0.05, 0.1) is 16.1 Å². The minimum atomic E-state index is -0.297. The maximum absolute atomic E-state index is 12.3. The van der Waals surface area contributed by atoms with E-state index in [1.807, 2.05) is 32.0 Å². The lowest BCUT2D eigenvalue weighted by Crippen LogP contribution is -2.35. The molecule has 1 unspecified atom stereocenters. The van der Waals surface area contributed by atoms with Crippen LogP contribution in [0.4, 0.5) is 11.4 Å². The van der Waals surface area contributed by atoms with E-state index in [9.17, 15) is 4.79 Å². The Kier molecular flexibility index (Phi) is 3.33. The fourth-order valence-corrected chi connectivity index (χ4v) is 3.28. The molecular weight excluding hydrogens is 232 g/mol. The number of aryl methyl sites for hydroxylation is 1. The van der Waals surface area contributed by atoms with Crippen LogP contribution >= 0.6 is 11.8 Å². The van der Waals surface area contributed by atoms with Crippen molar-refractivity contribution >= 4 is 29.0 Å². The summed E-state index contributed by atoms with van der Waals surface area (Å²) in [6.07, 6.45) is 2.05. The molecule has 17 heavy (non-hydrogen) atoms. The van der Waals surface area contributed by atoms with E-state index in [2.05, 4.69) is 5.32 Å². The van der Waals surface area contributed by atoms with Gasteiger partial charge < -0.3 is 11.1 Å². The highest BCUT2D eigenvalue weighted by Gasteiger charge is 2.37. The summed E-state index contributed by atoms with van der Waals surface area (Å²) in [5, 5.41) is 2.98. The summed E-state index contributed by atoms with van der Waals surface area (Å²) in [6.45, 7) is 3.96. The molecule has 1 aliphatic rings. The van der Waals surface area contributed by atoms with Crippen molar-refractivity contribution in [3.8, 4) is 0 Å². The summed E-state index contributed by atoms with van der Waals surface area (Å²) in [4.78, 5) is 12.3. The molecule has 1 atom stereocenters. The fraction of sp³-hybridized carbons (Fsp3) is 0.462. The molecule has 1 amide bonds. The first-order chi connectivity index (χ1) is 8.03. The van der Waals surface area contributed by atoms with E-state index in [1.165, 1.54) is 0 Å². The summed E-state index contributed by atoms with van der Waals surface area (Å²) >= 11 is 1.73. The number of rotatable bonds is 2. The average molecular weight is 250 g/mol. The van der Waals surface area contributed by atoms with Gasteiger partial charge in [0.25, 0.3) is 0 Å². The molecule has 1 fully saturated rings.